The van der Waals surface area contributed by atoms with Gasteiger partial charge in [-0.2, -0.15) is 11.8 Å². The van der Waals surface area contributed by atoms with Crippen LogP contribution in [0.4, 0.5) is 5.69 Å². The van der Waals surface area contributed by atoms with Gasteiger partial charge in [-0.1, -0.05) is 11.6 Å². The molecule has 0 unspecified atom stereocenters. The zero-order chi connectivity index (χ0) is 12.1. The molecule has 17 heavy (non-hydrogen) atoms. The second kappa shape index (κ2) is 6.26. The molecule has 1 aromatic rings. The largest absolute Gasteiger partial charge is 0.323 e. The zero-order valence-electron chi connectivity index (χ0n) is 9.49. The summed E-state index contributed by atoms with van der Waals surface area (Å²) in [7, 11) is 0. The quantitative estimate of drug-likeness (QED) is 0.858. The van der Waals surface area contributed by atoms with Gasteiger partial charge < -0.3 is 5.32 Å². The van der Waals surface area contributed by atoms with Crippen LogP contribution in [-0.4, -0.2) is 22.4 Å². The SMILES string of the molecule is O=C(CC1CCSCC1)Nc1cccnc1Cl. The average molecular weight is 271 g/mol. The Morgan fingerprint density at radius 3 is 3.00 bits per heavy atom. The normalized spacial score (nSPS) is 16.8. The topological polar surface area (TPSA) is 42.0 Å². The minimum atomic E-state index is 0.0387. The number of anilines is 1. The Morgan fingerprint density at radius 1 is 1.53 bits per heavy atom. The van der Waals surface area contributed by atoms with Crippen LogP contribution in [0.2, 0.25) is 5.15 Å². The molecular weight excluding hydrogens is 256 g/mol. The van der Waals surface area contributed by atoms with Gasteiger partial charge in [0.05, 0.1) is 5.69 Å². The number of halogens is 1. The summed E-state index contributed by atoms with van der Waals surface area (Å²) in [5.74, 6) is 2.90. The van der Waals surface area contributed by atoms with Crippen molar-refractivity contribution >= 4 is 35.0 Å². The number of carbonyl (C=O) groups is 1. The first-order valence-electron chi connectivity index (χ1n) is 5.74. The molecule has 0 aliphatic carbocycles. The standard InChI is InChI=1S/C12H15ClN2OS/c13-12-10(2-1-5-14-12)15-11(16)8-9-3-6-17-7-4-9/h1-2,5,9H,3-4,6-8H2,(H,15,16). The maximum absolute atomic E-state index is 11.8. The number of nitrogens with one attached hydrogen (secondary N) is 1. The predicted molar refractivity (Wildman–Crippen MR) is 72.5 cm³/mol. The first-order chi connectivity index (χ1) is 8.25. The Kier molecular flexibility index (Phi) is 4.68. The van der Waals surface area contributed by atoms with Crippen molar-refractivity contribution in [3.05, 3.63) is 23.5 Å². The Labute approximate surface area is 110 Å². The molecule has 1 N–H and O–H groups in total. The molecule has 0 radical (unpaired) electrons. The Hall–Kier alpha value is -0.740. The lowest BCUT2D eigenvalue weighted by molar-refractivity contribution is -0.117. The van der Waals surface area contributed by atoms with Gasteiger partial charge in [0.15, 0.2) is 5.15 Å². The second-order valence-corrected chi connectivity index (χ2v) is 5.73. The van der Waals surface area contributed by atoms with Gasteiger partial charge in [-0.15, -0.1) is 0 Å². The van der Waals surface area contributed by atoms with E-state index in [1.165, 1.54) is 11.5 Å². The van der Waals surface area contributed by atoms with Gasteiger partial charge in [-0.25, -0.2) is 4.98 Å². The summed E-state index contributed by atoms with van der Waals surface area (Å²) in [6.45, 7) is 0. The molecule has 1 aromatic heterocycles. The monoisotopic (exact) mass is 270 g/mol. The molecule has 1 saturated heterocycles. The first kappa shape index (κ1) is 12.7. The van der Waals surface area contributed by atoms with Crippen molar-refractivity contribution in [2.75, 3.05) is 16.8 Å². The number of nitrogens with zero attached hydrogens (tertiary/aromatic N) is 1. The fourth-order valence-electron chi connectivity index (χ4n) is 1.89. The molecule has 1 aliphatic heterocycles. The molecular formula is C12H15ClN2OS. The molecule has 1 aliphatic rings. The number of pyridine rings is 1. The van der Waals surface area contributed by atoms with E-state index in [1.807, 2.05) is 11.8 Å². The number of rotatable bonds is 3. The highest BCUT2D eigenvalue weighted by Crippen LogP contribution is 2.26. The lowest BCUT2D eigenvalue weighted by Gasteiger charge is -2.20. The van der Waals surface area contributed by atoms with E-state index < -0.39 is 0 Å². The molecule has 5 heteroatoms. The molecule has 0 saturated carbocycles. The average Bonchev–Trinajstić information content (AvgIpc) is 2.33. The van der Waals surface area contributed by atoms with Gasteiger partial charge in [0.2, 0.25) is 5.91 Å². The Bertz CT molecular complexity index is 394. The van der Waals surface area contributed by atoms with Crippen molar-refractivity contribution < 1.29 is 4.79 Å². The predicted octanol–water partition coefficient (Wildman–Crippen LogP) is 3.21. The van der Waals surface area contributed by atoms with Gasteiger partial charge in [0.25, 0.3) is 0 Å². The summed E-state index contributed by atoms with van der Waals surface area (Å²) in [4.78, 5) is 15.8. The van der Waals surface area contributed by atoms with Gasteiger partial charge in [0.1, 0.15) is 0 Å². The number of amides is 1. The van der Waals surface area contributed by atoms with E-state index in [2.05, 4.69) is 10.3 Å². The third-order valence-corrected chi connectivity index (χ3v) is 4.20. The second-order valence-electron chi connectivity index (χ2n) is 4.15. The third kappa shape index (κ3) is 3.89. The van der Waals surface area contributed by atoms with Crippen LogP contribution in [0.25, 0.3) is 0 Å². The number of thioether (sulfide) groups is 1. The highest BCUT2D eigenvalue weighted by molar-refractivity contribution is 7.99. The van der Waals surface area contributed by atoms with E-state index in [0.29, 0.717) is 23.2 Å². The maximum Gasteiger partial charge on any atom is 0.224 e. The fourth-order valence-corrected chi connectivity index (χ4v) is 3.26. The van der Waals surface area contributed by atoms with Crippen LogP contribution in [0.15, 0.2) is 18.3 Å². The highest BCUT2D eigenvalue weighted by Gasteiger charge is 2.17. The molecule has 0 bridgehead atoms. The molecule has 1 amide bonds. The van der Waals surface area contributed by atoms with Crippen molar-refractivity contribution in [1.82, 2.24) is 4.98 Å². The van der Waals surface area contributed by atoms with Crippen LogP contribution in [0.5, 0.6) is 0 Å². The van der Waals surface area contributed by atoms with E-state index in [-0.39, 0.29) is 5.91 Å². The van der Waals surface area contributed by atoms with Gasteiger partial charge in [-0.3, -0.25) is 4.79 Å². The number of hydrogen-bond donors (Lipinski definition) is 1. The molecule has 2 rings (SSSR count). The fraction of sp³-hybridized carbons (Fsp3) is 0.500. The number of hydrogen-bond acceptors (Lipinski definition) is 3. The van der Waals surface area contributed by atoms with Crippen LogP contribution < -0.4 is 5.32 Å². The maximum atomic E-state index is 11.8. The van der Waals surface area contributed by atoms with Crippen LogP contribution in [-0.2, 0) is 4.79 Å². The van der Waals surface area contributed by atoms with Crippen LogP contribution >= 0.6 is 23.4 Å². The molecule has 0 spiro atoms. The molecule has 0 aromatic carbocycles. The number of carbonyl (C=O) groups excluding carboxylic acids is 1. The van der Waals surface area contributed by atoms with Crippen molar-refractivity contribution in [2.24, 2.45) is 5.92 Å². The third-order valence-electron chi connectivity index (χ3n) is 2.85. The van der Waals surface area contributed by atoms with Crippen LogP contribution in [0.1, 0.15) is 19.3 Å². The molecule has 92 valence electrons. The summed E-state index contributed by atoms with van der Waals surface area (Å²) in [6, 6.07) is 3.53. The van der Waals surface area contributed by atoms with Crippen molar-refractivity contribution in [3.8, 4) is 0 Å². The summed E-state index contributed by atoms with van der Waals surface area (Å²) in [5.41, 5.74) is 0.601. The van der Waals surface area contributed by atoms with E-state index in [9.17, 15) is 4.79 Å². The van der Waals surface area contributed by atoms with Gasteiger partial charge in [-0.05, 0) is 42.4 Å². The summed E-state index contributed by atoms with van der Waals surface area (Å²) in [5, 5.41) is 3.16. The van der Waals surface area contributed by atoms with E-state index in [0.717, 1.165) is 12.8 Å². The van der Waals surface area contributed by atoms with Gasteiger partial charge >= 0.3 is 0 Å². The van der Waals surface area contributed by atoms with Crippen molar-refractivity contribution in [2.45, 2.75) is 19.3 Å². The minimum absolute atomic E-state index is 0.0387. The summed E-state index contributed by atoms with van der Waals surface area (Å²) < 4.78 is 0. The van der Waals surface area contributed by atoms with E-state index in [4.69, 9.17) is 11.6 Å². The molecule has 2 heterocycles. The Morgan fingerprint density at radius 2 is 2.29 bits per heavy atom. The van der Waals surface area contributed by atoms with E-state index >= 15 is 0 Å². The lowest BCUT2D eigenvalue weighted by Crippen LogP contribution is -2.19. The van der Waals surface area contributed by atoms with Crippen molar-refractivity contribution in [1.29, 1.82) is 0 Å². The summed E-state index contributed by atoms with van der Waals surface area (Å²) in [6.07, 6.45) is 4.47. The van der Waals surface area contributed by atoms with Gasteiger partial charge in [0, 0.05) is 12.6 Å². The van der Waals surface area contributed by atoms with Crippen LogP contribution in [0, 0.1) is 5.92 Å². The first-order valence-corrected chi connectivity index (χ1v) is 7.27. The highest BCUT2D eigenvalue weighted by atomic mass is 35.5. The number of aromatic nitrogens is 1. The lowest BCUT2D eigenvalue weighted by atomic mass is 9.98. The Balaban J connectivity index is 1.86. The molecule has 0 atom stereocenters. The molecule has 3 nitrogen and oxygen atoms in total. The molecule has 1 fully saturated rings. The van der Waals surface area contributed by atoms with Crippen molar-refractivity contribution in [3.63, 3.8) is 0 Å². The zero-order valence-corrected chi connectivity index (χ0v) is 11.1. The summed E-state index contributed by atoms with van der Waals surface area (Å²) >= 11 is 7.85. The van der Waals surface area contributed by atoms with E-state index in [1.54, 1.807) is 18.3 Å². The minimum Gasteiger partial charge on any atom is -0.323 e. The van der Waals surface area contributed by atoms with Crippen LogP contribution in [0.3, 0.4) is 0 Å². The smallest absolute Gasteiger partial charge is 0.224 e.